The average molecular weight is 324 g/mol. The van der Waals surface area contributed by atoms with Gasteiger partial charge in [-0.2, -0.15) is 0 Å². The molecule has 1 aliphatic heterocycles. The largest absolute Gasteiger partial charge is 0.381 e. The Balaban J connectivity index is 2.40. The van der Waals surface area contributed by atoms with E-state index in [2.05, 4.69) is 41.9 Å². The van der Waals surface area contributed by atoms with Gasteiger partial charge in [-0.25, -0.2) is 0 Å². The summed E-state index contributed by atoms with van der Waals surface area (Å²) in [5, 5.41) is 3.92. The molecule has 0 aliphatic carbocycles. The summed E-state index contributed by atoms with van der Waals surface area (Å²) in [6, 6.07) is 5.88. The molecule has 0 saturated carbocycles. The number of benzene rings is 1. The fraction of sp³-hybridized carbons (Fsp3) is 0.467. The maximum atomic E-state index is 12.1. The van der Waals surface area contributed by atoms with Gasteiger partial charge in [-0.3, -0.25) is 4.79 Å². The molecular weight excluding hydrogens is 306 g/mol. The van der Waals surface area contributed by atoms with Crippen LogP contribution in [0.4, 0.5) is 0 Å². The van der Waals surface area contributed by atoms with Crippen LogP contribution >= 0.6 is 15.9 Å². The molecule has 1 aromatic carbocycles. The normalized spacial score (nSPS) is 18.2. The van der Waals surface area contributed by atoms with Crippen LogP contribution in [0.3, 0.4) is 0 Å². The minimum atomic E-state index is -0.857. The van der Waals surface area contributed by atoms with Gasteiger partial charge in [0.2, 0.25) is 5.78 Å². The molecule has 2 rings (SSSR count). The van der Waals surface area contributed by atoms with Crippen molar-refractivity contribution in [3.63, 3.8) is 0 Å². The van der Waals surface area contributed by atoms with E-state index in [9.17, 15) is 4.79 Å². The number of ketones is 1. The van der Waals surface area contributed by atoms with E-state index in [0.717, 1.165) is 10.0 Å². The van der Waals surface area contributed by atoms with Crippen molar-refractivity contribution in [1.29, 1.82) is 0 Å². The van der Waals surface area contributed by atoms with Gasteiger partial charge in [0.05, 0.1) is 0 Å². The summed E-state index contributed by atoms with van der Waals surface area (Å²) in [5.41, 5.74) is 1.57. The molecule has 0 aromatic heterocycles. The Morgan fingerprint density at radius 1 is 1.26 bits per heavy atom. The van der Waals surface area contributed by atoms with Crippen LogP contribution in [0.25, 0.3) is 0 Å². The molecule has 0 saturated heterocycles. The first-order chi connectivity index (χ1) is 8.63. The zero-order valence-electron chi connectivity index (χ0n) is 11.9. The molecule has 1 heterocycles. The Morgan fingerprint density at radius 2 is 1.89 bits per heavy atom. The van der Waals surface area contributed by atoms with Gasteiger partial charge in [-0.05, 0) is 30.9 Å². The lowest BCUT2D eigenvalue weighted by Gasteiger charge is -2.21. The van der Waals surface area contributed by atoms with Crippen LogP contribution in [0.2, 0.25) is 0 Å². The van der Waals surface area contributed by atoms with Gasteiger partial charge in [-0.1, -0.05) is 54.0 Å². The summed E-state index contributed by atoms with van der Waals surface area (Å²) in [5.74, 6) is -0.0806. The Kier molecular flexibility index (Phi) is 3.33. The number of carbonyl (C=O) groups is 1. The molecule has 0 unspecified atom stereocenters. The molecule has 19 heavy (non-hydrogen) atoms. The number of halogens is 1. The van der Waals surface area contributed by atoms with E-state index in [1.807, 2.05) is 18.2 Å². The van der Waals surface area contributed by atoms with Crippen molar-refractivity contribution in [2.24, 2.45) is 5.16 Å². The van der Waals surface area contributed by atoms with Crippen LogP contribution in [0.1, 0.15) is 45.7 Å². The van der Waals surface area contributed by atoms with E-state index in [1.165, 1.54) is 5.56 Å². The minimum absolute atomic E-state index is 0.0502. The second kappa shape index (κ2) is 4.44. The molecule has 0 fully saturated rings. The molecule has 0 N–H and O–H groups in total. The van der Waals surface area contributed by atoms with E-state index in [0.29, 0.717) is 5.71 Å². The first kappa shape index (κ1) is 14.3. The highest BCUT2D eigenvalue weighted by molar-refractivity contribution is 9.10. The van der Waals surface area contributed by atoms with Gasteiger partial charge < -0.3 is 4.84 Å². The summed E-state index contributed by atoms with van der Waals surface area (Å²) < 4.78 is 0.984. The van der Waals surface area contributed by atoms with Crippen molar-refractivity contribution < 1.29 is 9.63 Å². The van der Waals surface area contributed by atoms with E-state index in [-0.39, 0.29) is 11.2 Å². The molecule has 1 aliphatic rings. The summed E-state index contributed by atoms with van der Waals surface area (Å²) in [6.07, 6.45) is 0. The topological polar surface area (TPSA) is 38.7 Å². The quantitative estimate of drug-likeness (QED) is 0.787. The highest BCUT2D eigenvalue weighted by Gasteiger charge is 2.40. The second-order valence-electron chi connectivity index (χ2n) is 6.32. The van der Waals surface area contributed by atoms with Gasteiger partial charge in [0, 0.05) is 10.0 Å². The smallest absolute Gasteiger partial charge is 0.230 e. The molecule has 102 valence electrons. The zero-order chi connectivity index (χ0) is 14.4. The minimum Gasteiger partial charge on any atom is -0.381 e. The highest BCUT2D eigenvalue weighted by atomic mass is 79.9. The standard InChI is InChI=1S/C15H18BrNO2/c1-14(2,3)10-7-6-9(8-11(10)16)12-13(18)15(4,5)19-17-12/h6-8H,1-5H3. The second-order valence-corrected chi connectivity index (χ2v) is 7.17. The van der Waals surface area contributed by atoms with E-state index < -0.39 is 5.60 Å². The Hall–Kier alpha value is -1.16. The van der Waals surface area contributed by atoms with Crippen molar-refractivity contribution in [3.8, 4) is 0 Å². The Labute approximate surface area is 122 Å². The van der Waals surface area contributed by atoms with Crippen LogP contribution in [-0.2, 0) is 15.0 Å². The summed E-state index contributed by atoms with van der Waals surface area (Å²) in [7, 11) is 0. The fourth-order valence-electron chi connectivity index (χ4n) is 1.98. The van der Waals surface area contributed by atoms with Crippen molar-refractivity contribution in [2.45, 2.75) is 45.6 Å². The van der Waals surface area contributed by atoms with Gasteiger partial charge in [0.15, 0.2) is 11.3 Å². The fourth-order valence-corrected chi connectivity index (χ4v) is 2.96. The molecular formula is C15H18BrNO2. The van der Waals surface area contributed by atoms with E-state index in [1.54, 1.807) is 13.8 Å². The number of oxime groups is 1. The first-order valence-electron chi connectivity index (χ1n) is 6.24. The van der Waals surface area contributed by atoms with Crippen molar-refractivity contribution in [2.75, 3.05) is 0 Å². The van der Waals surface area contributed by atoms with Crippen molar-refractivity contribution in [1.82, 2.24) is 0 Å². The third-order valence-corrected chi connectivity index (χ3v) is 3.83. The van der Waals surface area contributed by atoms with Crippen LogP contribution < -0.4 is 0 Å². The lowest BCUT2D eigenvalue weighted by molar-refractivity contribution is -0.128. The monoisotopic (exact) mass is 323 g/mol. The van der Waals surface area contributed by atoms with Gasteiger partial charge in [0.1, 0.15) is 0 Å². The van der Waals surface area contributed by atoms with Crippen molar-refractivity contribution >= 4 is 27.4 Å². The molecule has 0 amide bonds. The number of hydrogen-bond donors (Lipinski definition) is 0. The van der Waals surface area contributed by atoms with Crippen LogP contribution in [0, 0.1) is 0 Å². The number of nitrogens with zero attached hydrogens (tertiary/aromatic N) is 1. The Bertz CT molecular complexity index is 568. The number of rotatable bonds is 1. The van der Waals surface area contributed by atoms with E-state index >= 15 is 0 Å². The molecule has 0 radical (unpaired) electrons. The molecule has 4 heteroatoms. The van der Waals surface area contributed by atoms with Crippen molar-refractivity contribution in [3.05, 3.63) is 33.8 Å². The summed E-state index contributed by atoms with van der Waals surface area (Å²) in [4.78, 5) is 17.3. The van der Waals surface area contributed by atoms with Crippen LogP contribution in [0.5, 0.6) is 0 Å². The molecule has 0 spiro atoms. The third-order valence-electron chi connectivity index (χ3n) is 3.18. The lowest BCUT2D eigenvalue weighted by atomic mass is 9.86. The lowest BCUT2D eigenvalue weighted by Crippen LogP contribution is -2.33. The molecule has 3 nitrogen and oxygen atoms in total. The maximum absolute atomic E-state index is 12.1. The predicted molar refractivity (Wildman–Crippen MR) is 79.6 cm³/mol. The molecule has 0 atom stereocenters. The average Bonchev–Trinajstić information content (AvgIpc) is 2.52. The third kappa shape index (κ3) is 2.59. The number of carbonyl (C=O) groups excluding carboxylic acids is 1. The Morgan fingerprint density at radius 3 is 2.32 bits per heavy atom. The SMILES string of the molecule is CC1(C)ON=C(c2ccc(C(C)(C)C)c(Br)c2)C1=O. The maximum Gasteiger partial charge on any atom is 0.230 e. The predicted octanol–water partition coefficient (Wildman–Crippen LogP) is 3.83. The van der Waals surface area contributed by atoms with Gasteiger partial charge >= 0.3 is 0 Å². The highest BCUT2D eigenvalue weighted by Crippen LogP contribution is 2.31. The van der Waals surface area contributed by atoms with E-state index in [4.69, 9.17) is 4.84 Å². The van der Waals surface area contributed by atoms with Crippen LogP contribution in [-0.4, -0.2) is 17.1 Å². The number of Topliss-reactive ketones (excluding diaryl/α,β-unsaturated/α-hetero) is 1. The van der Waals surface area contributed by atoms with Crippen LogP contribution in [0.15, 0.2) is 27.8 Å². The zero-order valence-corrected chi connectivity index (χ0v) is 13.5. The summed E-state index contributed by atoms with van der Waals surface area (Å²) >= 11 is 3.57. The number of hydrogen-bond acceptors (Lipinski definition) is 3. The summed E-state index contributed by atoms with van der Waals surface area (Å²) in [6.45, 7) is 9.90. The molecule has 1 aromatic rings. The van der Waals surface area contributed by atoms with Gasteiger partial charge in [0.25, 0.3) is 0 Å². The molecule has 0 bridgehead atoms. The van der Waals surface area contributed by atoms with Gasteiger partial charge in [-0.15, -0.1) is 0 Å². The first-order valence-corrected chi connectivity index (χ1v) is 7.03.